The number of hydrogen-bond donors (Lipinski definition) is 5. The fourth-order valence-electron chi connectivity index (χ4n) is 1.09. The first-order valence-corrected chi connectivity index (χ1v) is 4.02. The summed E-state index contributed by atoms with van der Waals surface area (Å²) in [5, 5.41) is 30.2. The Balaban J connectivity index is 3.14. The molecule has 0 unspecified atom stereocenters. The molecule has 7 heteroatoms. The molecule has 82 valence electrons. The van der Waals surface area contributed by atoms with Crippen LogP contribution in [0.25, 0.3) is 0 Å². The number of guanidine groups is 1. The number of aliphatic hydroxyl groups is 3. The number of hydrogen-bond acceptors (Lipinski definition) is 5. The molecule has 0 aromatic heterocycles. The number of para-hydroxylation sites is 1. The fraction of sp³-hybridized carbons (Fsp3) is 0.125. The van der Waals surface area contributed by atoms with Crippen LogP contribution < -0.4 is 16.5 Å². The summed E-state index contributed by atoms with van der Waals surface area (Å²) in [4.78, 5) is 0.562. The number of nitrogens with two attached hydrogens (primary N) is 2. The Kier molecular flexibility index (Phi) is 3.10. The topological polar surface area (TPSA) is 128 Å². The lowest BCUT2D eigenvalue weighted by Crippen LogP contribution is -2.55. The Morgan fingerprint density at radius 2 is 1.73 bits per heavy atom. The van der Waals surface area contributed by atoms with Gasteiger partial charge in [0.15, 0.2) is 0 Å². The van der Waals surface area contributed by atoms with Crippen molar-refractivity contribution in [1.82, 2.24) is 0 Å². The summed E-state index contributed by atoms with van der Waals surface area (Å²) in [5.74, 6) is 4.46. The zero-order chi connectivity index (χ0) is 11.5. The van der Waals surface area contributed by atoms with Crippen molar-refractivity contribution in [1.29, 1.82) is 0 Å². The van der Waals surface area contributed by atoms with E-state index in [0.29, 0.717) is 4.90 Å². The van der Waals surface area contributed by atoms with E-state index in [4.69, 9.17) is 26.9 Å². The molecule has 0 aliphatic carbocycles. The first-order chi connectivity index (χ1) is 6.96. The molecular weight excluding hydrogens is 200 g/mol. The Bertz CT molecular complexity index is 347. The average Bonchev–Trinajstić information content (AvgIpc) is 2.17. The van der Waals surface area contributed by atoms with E-state index in [1.54, 1.807) is 18.2 Å². The van der Waals surface area contributed by atoms with Crippen molar-refractivity contribution >= 4 is 11.6 Å². The summed E-state index contributed by atoms with van der Waals surface area (Å²) in [7, 11) is 0. The minimum absolute atomic E-state index is 0.233. The molecule has 0 radical (unpaired) electrons. The molecule has 0 amide bonds. The van der Waals surface area contributed by atoms with Gasteiger partial charge < -0.3 is 26.9 Å². The van der Waals surface area contributed by atoms with E-state index in [2.05, 4.69) is 5.10 Å². The van der Waals surface area contributed by atoms with Gasteiger partial charge >= 0.3 is 6.10 Å². The minimum atomic E-state index is -3.16. The maximum Gasteiger partial charge on any atom is 0.376 e. The van der Waals surface area contributed by atoms with Crippen LogP contribution in [0.2, 0.25) is 0 Å². The van der Waals surface area contributed by atoms with E-state index >= 15 is 0 Å². The number of rotatable bonds is 2. The Labute approximate surface area is 85.8 Å². The normalized spacial score (nSPS) is 12.6. The van der Waals surface area contributed by atoms with Gasteiger partial charge in [0.1, 0.15) is 0 Å². The highest BCUT2D eigenvalue weighted by Gasteiger charge is 2.32. The minimum Gasteiger partial charge on any atom is -0.368 e. The Morgan fingerprint density at radius 3 is 2.13 bits per heavy atom. The predicted molar refractivity (Wildman–Crippen MR) is 54.1 cm³/mol. The zero-order valence-corrected chi connectivity index (χ0v) is 7.78. The molecule has 0 spiro atoms. The quantitative estimate of drug-likeness (QED) is 0.130. The molecule has 0 saturated heterocycles. The van der Waals surface area contributed by atoms with Gasteiger partial charge in [0, 0.05) is 0 Å². The fourth-order valence-corrected chi connectivity index (χ4v) is 1.09. The third kappa shape index (κ3) is 2.56. The smallest absolute Gasteiger partial charge is 0.368 e. The molecule has 15 heavy (non-hydrogen) atoms. The van der Waals surface area contributed by atoms with Crippen LogP contribution in [0.15, 0.2) is 35.4 Å². The highest BCUT2D eigenvalue weighted by molar-refractivity contribution is 5.95. The van der Waals surface area contributed by atoms with Crippen molar-refractivity contribution in [3.8, 4) is 0 Å². The third-order valence-electron chi connectivity index (χ3n) is 1.68. The predicted octanol–water partition coefficient (Wildman–Crippen LogP) is -1.73. The third-order valence-corrected chi connectivity index (χ3v) is 1.68. The summed E-state index contributed by atoms with van der Waals surface area (Å²) in [6.07, 6.45) is -3.16. The van der Waals surface area contributed by atoms with Crippen molar-refractivity contribution in [2.75, 3.05) is 4.90 Å². The maximum absolute atomic E-state index is 9.05. The molecule has 0 aliphatic heterocycles. The second-order valence-electron chi connectivity index (χ2n) is 2.76. The number of benzene rings is 1. The molecule has 0 atom stereocenters. The van der Waals surface area contributed by atoms with Crippen LogP contribution in [0.1, 0.15) is 0 Å². The van der Waals surface area contributed by atoms with Crippen molar-refractivity contribution in [2.24, 2.45) is 16.7 Å². The molecule has 0 heterocycles. The first kappa shape index (κ1) is 11.2. The van der Waals surface area contributed by atoms with Gasteiger partial charge in [0.25, 0.3) is 0 Å². The summed E-state index contributed by atoms with van der Waals surface area (Å²) in [5.41, 5.74) is 5.54. The molecule has 0 saturated carbocycles. The van der Waals surface area contributed by atoms with Gasteiger partial charge in [-0.25, -0.2) is 4.90 Å². The molecule has 1 aromatic carbocycles. The van der Waals surface area contributed by atoms with Crippen LogP contribution in [-0.2, 0) is 0 Å². The number of hydrazone groups is 1. The monoisotopic (exact) mass is 212 g/mol. The Morgan fingerprint density at radius 1 is 1.20 bits per heavy atom. The lowest BCUT2D eigenvalue weighted by atomic mass is 10.3. The molecule has 0 bridgehead atoms. The second-order valence-corrected chi connectivity index (χ2v) is 2.76. The van der Waals surface area contributed by atoms with Crippen LogP contribution in [0.3, 0.4) is 0 Å². The van der Waals surface area contributed by atoms with Crippen molar-refractivity contribution < 1.29 is 15.3 Å². The van der Waals surface area contributed by atoms with E-state index in [0.717, 1.165) is 0 Å². The molecule has 7 N–H and O–H groups in total. The van der Waals surface area contributed by atoms with E-state index in [1.807, 2.05) is 0 Å². The van der Waals surface area contributed by atoms with Gasteiger partial charge in [-0.15, -0.1) is 5.10 Å². The maximum atomic E-state index is 9.05. The molecule has 1 aromatic rings. The van der Waals surface area contributed by atoms with Gasteiger partial charge in [-0.05, 0) is 12.1 Å². The van der Waals surface area contributed by atoms with Gasteiger partial charge in [-0.1, -0.05) is 18.2 Å². The summed E-state index contributed by atoms with van der Waals surface area (Å²) < 4.78 is 0. The second kappa shape index (κ2) is 4.13. The van der Waals surface area contributed by atoms with Gasteiger partial charge in [0.2, 0.25) is 5.96 Å². The molecule has 1 rings (SSSR count). The lowest BCUT2D eigenvalue weighted by molar-refractivity contribution is -0.302. The summed E-state index contributed by atoms with van der Waals surface area (Å²) in [6.45, 7) is 0. The van der Waals surface area contributed by atoms with E-state index in [9.17, 15) is 0 Å². The average molecular weight is 212 g/mol. The van der Waals surface area contributed by atoms with E-state index in [1.165, 1.54) is 12.1 Å². The van der Waals surface area contributed by atoms with Gasteiger partial charge in [0.05, 0.1) is 5.69 Å². The van der Waals surface area contributed by atoms with Gasteiger partial charge in [-0.2, -0.15) is 0 Å². The van der Waals surface area contributed by atoms with Crippen molar-refractivity contribution in [2.45, 2.75) is 6.10 Å². The molecule has 0 aliphatic rings. The van der Waals surface area contributed by atoms with Crippen LogP contribution in [0, 0.1) is 0 Å². The van der Waals surface area contributed by atoms with Crippen LogP contribution in [0.4, 0.5) is 5.69 Å². The van der Waals surface area contributed by atoms with Crippen LogP contribution in [-0.4, -0.2) is 27.4 Å². The molecular formula is C8H12N4O3. The Hall–Kier alpha value is -1.83. The van der Waals surface area contributed by atoms with Gasteiger partial charge in [-0.3, -0.25) is 0 Å². The van der Waals surface area contributed by atoms with Crippen molar-refractivity contribution in [3.05, 3.63) is 30.3 Å². The van der Waals surface area contributed by atoms with Crippen molar-refractivity contribution in [3.63, 3.8) is 0 Å². The largest absolute Gasteiger partial charge is 0.376 e. The highest BCUT2D eigenvalue weighted by atomic mass is 16.7. The zero-order valence-electron chi connectivity index (χ0n) is 7.78. The number of anilines is 1. The van der Waals surface area contributed by atoms with Crippen LogP contribution >= 0.6 is 0 Å². The summed E-state index contributed by atoms with van der Waals surface area (Å²) in [6, 6.07) is 7.95. The van der Waals surface area contributed by atoms with E-state index < -0.39 is 12.1 Å². The first-order valence-electron chi connectivity index (χ1n) is 4.02. The van der Waals surface area contributed by atoms with Crippen LogP contribution in [0.5, 0.6) is 0 Å². The number of nitrogens with zero attached hydrogens (tertiary/aromatic N) is 2. The molecule has 7 nitrogen and oxygen atoms in total. The highest BCUT2D eigenvalue weighted by Crippen LogP contribution is 2.18. The van der Waals surface area contributed by atoms with E-state index in [-0.39, 0.29) is 5.69 Å². The lowest BCUT2D eigenvalue weighted by Gasteiger charge is -2.30. The summed E-state index contributed by atoms with van der Waals surface area (Å²) >= 11 is 0. The SMILES string of the molecule is N/N=C(\N)N(c1ccccc1)C(O)(O)O. The standard InChI is InChI=1S/C8H12N4O3/c9-7(11-10)12(8(13,14)15)6-4-2-1-3-5-6/h1-5,13-15H,10H2,(H2,9,11). The molecule has 0 fully saturated rings.